The normalized spacial score (nSPS) is 12.5. The van der Waals surface area contributed by atoms with Crippen molar-refractivity contribution in [3.8, 4) is 23.1 Å². The SMILES string of the molecule is CCS(=O)(=O)c1cc(C#N)ccc1-c1ccc(OCC(F)(F)C(F)(F)F)cn1. The minimum Gasteiger partial charge on any atom is -0.485 e. The van der Waals surface area contributed by atoms with Crippen molar-refractivity contribution in [1.82, 2.24) is 4.98 Å². The van der Waals surface area contributed by atoms with Gasteiger partial charge in [-0.15, -0.1) is 0 Å². The van der Waals surface area contributed by atoms with Gasteiger partial charge in [0, 0.05) is 5.56 Å². The highest BCUT2D eigenvalue weighted by Gasteiger charge is 2.58. The van der Waals surface area contributed by atoms with E-state index in [0.29, 0.717) is 0 Å². The van der Waals surface area contributed by atoms with Gasteiger partial charge >= 0.3 is 12.1 Å². The van der Waals surface area contributed by atoms with Crippen LogP contribution < -0.4 is 4.74 Å². The molecule has 11 heteroatoms. The van der Waals surface area contributed by atoms with Crippen LogP contribution in [0.5, 0.6) is 5.75 Å². The lowest BCUT2D eigenvalue weighted by Gasteiger charge is -2.19. The van der Waals surface area contributed by atoms with Crippen molar-refractivity contribution >= 4 is 9.84 Å². The third-order valence-electron chi connectivity index (χ3n) is 3.67. The van der Waals surface area contributed by atoms with Crippen molar-refractivity contribution < 1.29 is 35.1 Å². The van der Waals surface area contributed by atoms with Crippen molar-refractivity contribution in [2.45, 2.75) is 23.9 Å². The Morgan fingerprint density at radius 1 is 1.14 bits per heavy atom. The first kappa shape index (κ1) is 21.6. The van der Waals surface area contributed by atoms with Crippen molar-refractivity contribution in [3.05, 3.63) is 42.1 Å². The Morgan fingerprint density at radius 2 is 1.82 bits per heavy atom. The lowest BCUT2D eigenvalue weighted by Crippen LogP contribution is -2.41. The number of nitriles is 1. The summed E-state index contributed by atoms with van der Waals surface area (Å²) >= 11 is 0. The second kappa shape index (κ2) is 7.71. The molecule has 0 atom stereocenters. The monoisotopic (exact) mass is 420 g/mol. The van der Waals surface area contributed by atoms with E-state index in [2.05, 4.69) is 9.72 Å². The number of sulfone groups is 1. The third kappa shape index (κ3) is 4.56. The van der Waals surface area contributed by atoms with Gasteiger partial charge in [0.1, 0.15) is 5.75 Å². The summed E-state index contributed by atoms with van der Waals surface area (Å²) in [5, 5.41) is 8.96. The zero-order valence-corrected chi connectivity index (χ0v) is 15.1. The van der Waals surface area contributed by atoms with Crippen LogP contribution in [0.3, 0.4) is 0 Å². The molecular weight excluding hydrogens is 407 g/mol. The van der Waals surface area contributed by atoms with Crippen LogP contribution in [0.2, 0.25) is 0 Å². The predicted molar refractivity (Wildman–Crippen MR) is 88.6 cm³/mol. The van der Waals surface area contributed by atoms with Crippen LogP contribution >= 0.6 is 0 Å². The number of rotatable bonds is 6. The maximum absolute atomic E-state index is 12.9. The lowest BCUT2D eigenvalue weighted by molar-refractivity contribution is -0.290. The number of halogens is 5. The Hall–Kier alpha value is -2.74. The molecule has 0 fully saturated rings. The summed E-state index contributed by atoms with van der Waals surface area (Å²) in [6.45, 7) is -0.493. The molecule has 1 heterocycles. The summed E-state index contributed by atoms with van der Waals surface area (Å²) < 4.78 is 91.2. The maximum atomic E-state index is 12.9. The number of ether oxygens (including phenoxy) is 1. The quantitative estimate of drug-likeness (QED) is 0.661. The van der Waals surface area contributed by atoms with Crippen LogP contribution in [-0.2, 0) is 9.84 Å². The number of pyridine rings is 1. The van der Waals surface area contributed by atoms with Crippen LogP contribution in [0.1, 0.15) is 12.5 Å². The van der Waals surface area contributed by atoms with E-state index in [1.165, 1.54) is 31.2 Å². The van der Waals surface area contributed by atoms with Crippen molar-refractivity contribution in [2.75, 3.05) is 12.4 Å². The summed E-state index contributed by atoms with van der Waals surface area (Å²) in [6.07, 6.45) is -4.84. The molecule has 150 valence electrons. The zero-order valence-electron chi connectivity index (χ0n) is 14.3. The fourth-order valence-electron chi connectivity index (χ4n) is 2.10. The van der Waals surface area contributed by atoms with E-state index < -0.39 is 28.5 Å². The fourth-order valence-corrected chi connectivity index (χ4v) is 3.22. The number of alkyl halides is 5. The number of hydrogen-bond donors (Lipinski definition) is 0. The minimum atomic E-state index is -5.74. The molecule has 0 spiro atoms. The van der Waals surface area contributed by atoms with Gasteiger partial charge in [0.25, 0.3) is 0 Å². The fraction of sp³-hybridized carbons (Fsp3) is 0.294. The number of nitrogens with zero attached hydrogens (tertiary/aromatic N) is 2. The highest BCUT2D eigenvalue weighted by molar-refractivity contribution is 7.91. The topological polar surface area (TPSA) is 80.0 Å². The minimum absolute atomic E-state index is 0.116. The summed E-state index contributed by atoms with van der Waals surface area (Å²) in [4.78, 5) is 3.74. The van der Waals surface area contributed by atoms with Gasteiger partial charge in [-0.3, -0.25) is 4.98 Å². The largest absolute Gasteiger partial charge is 0.485 e. The second-order valence-electron chi connectivity index (χ2n) is 5.60. The van der Waals surface area contributed by atoms with Gasteiger partial charge in [0.2, 0.25) is 0 Å². The third-order valence-corrected chi connectivity index (χ3v) is 5.44. The number of hydrogen-bond acceptors (Lipinski definition) is 5. The zero-order chi connectivity index (χ0) is 21.2. The standard InChI is InChI=1S/C17H13F5N2O3S/c1-2-28(25,26)15-7-11(8-23)3-5-13(15)14-6-4-12(9-24-14)27-10-16(18,19)17(20,21)22/h3-7,9H,2,10H2,1H3. The van der Waals surface area contributed by atoms with Gasteiger partial charge in [-0.1, -0.05) is 13.0 Å². The van der Waals surface area contributed by atoms with E-state index >= 15 is 0 Å². The summed E-state index contributed by atoms with van der Waals surface area (Å²) in [5.41, 5.74) is 0.393. The Morgan fingerprint density at radius 3 is 2.32 bits per heavy atom. The van der Waals surface area contributed by atoms with Gasteiger partial charge in [-0.2, -0.15) is 27.2 Å². The molecule has 0 bridgehead atoms. The van der Waals surface area contributed by atoms with Crippen LogP contribution in [-0.4, -0.2) is 37.9 Å². The van der Waals surface area contributed by atoms with Crippen molar-refractivity contribution in [3.63, 3.8) is 0 Å². The molecule has 0 unspecified atom stereocenters. The molecule has 0 aliphatic heterocycles. The highest BCUT2D eigenvalue weighted by Crippen LogP contribution is 2.36. The molecule has 2 rings (SSSR count). The number of benzene rings is 1. The molecule has 5 nitrogen and oxygen atoms in total. The molecule has 0 radical (unpaired) electrons. The molecular formula is C17H13F5N2O3S. The summed E-state index contributed by atoms with van der Waals surface area (Å²) in [7, 11) is -3.71. The van der Waals surface area contributed by atoms with Crippen LogP contribution in [0.4, 0.5) is 22.0 Å². The van der Waals surface area contributed by atoms with E-state index in [-0.39, 0.29) is 33.2 Å². The maximum Gasteiger partial charge on any atom is 0.456 e. The molecule has 0 N–H and O–H groups in total. The Labute approximate surface area is 157 Å². The van der Waals surface area contributed by atoms with Crippen LogP contribution in [0, 0.1) is 11.3 Å². The molecule has 0 saturated heterocycles. The molecule has 0 saturated carbocycles. The van der Waals surface area contributed by atoms with Gasteiger partial charge in [0.15, 0.2) is 16.4 Å². The molecule has 0 aliphatic carbocycles. The summed E-state index contributed by atoms with van der Waals surface area (Å²) in [6, 6.07) is 8.06. The first-order valence-electron chi connectivity index (χ1n) is 7.72. The molecule has 0 aliphatic rings. The van der Waals surface area contributed by atoms with Gasteiger partial charge in [-0.25, -0.2) is 8.42 Å². The summed E-state index contributed by atoms with van der Waals surface area (Å²) in [5.74, 6) is -5.61. The average molecular weight is 420 g/mol. The molecule has 28 heavy (non-hydrogen) atoms. The highest BCUT2D eigenvalue weighted by atomic mass is 32.2. The van der Waals surface area contributed by atoms with Gasteiger partial charge in [0.05, 0.1) is 34.2 Å². The Bertz CT molecular complexity index is 997. The van der Waals surface area contributed by atoms with Crippen molar-refractivity contribution in [1.29, 1.82) is 5.26 Å². The molecule has 2 aromatic rings. The average Bonchev–Trinajstić information content (AvgIpc) is 2.65. The smallest absolute Gasteiger partial charge is 0.456 e. The Kier molecular flexibility index (Phi) is 5.94. The molecule has 1 aromatic heterocycles. The van der Waals surface area contributed by atoms with Crippen LogP contribution in [0.15, 0.2) is 41.4 Å². The lowest BCUT2D eigenvalue weighted by atomic mass is 10.1. The van der Waals surface area contributed by atoms with E-state index in [1.54, 1.807) is 0 Å². The molecule has 0 amide bonds. The second-order valence-corrected chi connectivity index (χ2v) is 7.84. The van der Waals surface area contributed by atoms with E-state index in [1.807, 2.05) is 6.07 Å². The first-order valence-corrected chi connectivity index (χ1v) is 9.37. The predicted octanol–water partition coefficient (Wildman–Crippen LogP) is 3.99. The van der Waals surface area contributed by atoms with Crippen LogP contribution in [0.25, 0.3) is 11.3 Å². The first-order chi connectivity index (χ1) is 12.9. The van der Waals surface area contributed by atoms with E-state index in [0.717, 1.165) is 12.3 Å². The van der Waals surface area contributed by atoms with E-state index in [4.69, 9.17) is 5.26 Å². The van der Waals surface area contributed by atoms with Gasteiger partial charge < -0.3 is 4.74 Å². The van der Waals surface area contributed by atoms with Gasteiger partial charge in [-0.05, 0) is 24.3 Å². The molecule has 1 aromatic carbocycles. The van der Waals surface area contributed by atoms with E-state index in [9.17, 15) is 30.4 Å². The number of aromatic nitrogens is 1. The Balaban J connectivity index is 2.33. The van der Waals surface area contributed by atoms with Crippen molar-refractivity contribution in [2.24, 2.45) is 0 Å².